The fourth-order valence-corrected chi connectivity index (χ4v) is 3.07. The van der Waals surface area contributed by atoms with Crippen molar-refractivity contribution in [1.29, 1.82) is 0 Å². The molecule has 0 unspecified atom stereocenters. The van der Waals surface area contributed by atoms with Crippen molar-refractivity contribution >= 4 is 5.91 Å². The number of carbonyl (C=O) groups is 1. The highest BCUT2D eigenvalue weighted by Gasteiger charge is 2.19. The minimum absolute atomic E-state index is 0.0367. The van der Waals surface area contributed by atoms with E-state index >= 15 is 0 Å². The molecule has 1 fully saturated rings. The van der Waals surface area contributed by atoms with Gasteiger partial charge in [-0.2, -0.15) is 0 Å². The summed E-state index contributed by atoms with van der Waals surface area (Å²) in [6.07, 6.45) is 6.72. The monoisotopic (exact) mass is 290 g/mol. The van der Waals surface area contributed by atoms with Crippen LogP contribution in [0.2, 0.25) is 0 Å². The molecule has 6 nitrogen and oxygen atoms in total. The maximum Gasteiger partial charge on any atom is 0.257 e. The van der Waals surface area contributed by atoms with Crippen molar-refractivity contribution in [3.63, 3.8) is 0 Å². The number of aromatic nitrogens is 2. The molecular weight excluding hydrogens is 268 g/mol. The Kier molecular flexibility index (Phi) is 4.34. The van der Waals surface area contributed by atoms with E-state index in [9.17, 15) is 9.59 Å². The number of hydrogen-bond donors (Lipinski definition) is 1. The summed E-state index contributed by atoms with van der Waals surface area (Å²) in [5, 5.41) is 3.20. The van der Waals surface area contributed by atoms with Crippen LogP contribution in [0.25, 0.3) is 0 Å². The van der Waals surface area contributed by atoms with Gasteiger partial charge in [0.2, 0.25) is 5.91 Å². The van der Waals surface area contributed by atoms with Gasteiger partial charge >= 0.3 is 0 Å². The van der Waals surface area contributed by atoms with Crippen molar-refractivity contribution in [1.82, 2.24) is 19.8 Å². The van der Waals surface area contributed by atoms with E-state index in [2.05, 4.69) is 10.3 Å². The SMILES string of the molecule is O=C(Cn1cnc2c(c1=O)CCNC2)N1CCCCCC1. The summed E-state index contributed by atoms with van der Waals surface area (Å²) in [4.78, 5) is 31.0. The van der Waals surface area contributed by atoms with Crippen LogP contribution in [0.3, 0.4) is 0 Å². The van der Waals surface area contributed by atoms with Gasteiger partial charge in [0.1, 0.15) is 6.54 Å². The molecule has 114 valence electrons. The van der Waals surface area contributed by atoms with Crippen LogP contribution >= 0.6 is 0 Å². The molecule has 1 aromatic rings. The Morgan fingerprint density at radius 3 is 2.76 bits per heavy atom. The number of hydrogen-bond acceptors (Lipinski definition) is 4. The van der Waals surface area contributed by atoms with Crippen LogP contribution in [0.4, 0.5) is 0 Å². The number of fused-ring (bicyclic) bond motifs is 1. The number of amides is 1. The number of rotatable bonds is 2. The topological polar surface area (TPSA) is 67.2 Å². The molecule has 6 heteroatoms. The van der Waals surface area contributed by atoms with Gasteiger partial charge in [0.15, 0.2) is 0 Å². The number of nitrogens with one attached hydrogen (secondary N) is 1. The summed E-state index contributed by atoms with van der Waals surface area (Å²) in [7, 11) is 0. The van der Waals surface area contributed by atoms with Gasteiger partial charge < -0.3 is 10.2 Å². The zero-order chi connectivity index (χ0) is 14.7. The van der Waals surface area contributed by atoms with Gasteiger partial charge in [0.05, 0.1) is 12.0 Å². The van der Waals surface area contributed by atoms with Crippen LogP contribution < -0.4 is 10.9 Å². The van der Waals surface area contributed by atoms with Gasteiger partial charge in [-0.25, -0.2) is 4.98 Å². The van der Waals surface area contributed by atoms with Gasteiger partial charge in [-0.3, -0.25) is 14.2 Å². The molecule has 0 saturated carbocycles. The molecule has 21 heavy (non-hydrogen) atoms. The fraction of sp³-hybridized carbons (Fsp3) is 0.667. The highest BCUT2D eigenvalue weighted by atomic mass is 16.2. The lowest BCUT2D eigenvalue weighted by Gasteiger charge is -2.21. The zero-order valence-electron chi connectivity index (χ0n) is 12.3. The van der Waals surface area contributed by atoms with E-state index in [-0.39, 0.29) is 18.0 Å². The van der Waals surface area contributed by atoms with Gasteiger partial charge in [-0.1, -0.05) is 12.8 Å². The van der Waals surface area contributed by atoms with Crippen LogP contribution in [0, 0.1) is 0 Å². The van der Waals surface area contributed by atoms with E-state index in [0.29, 0.717) is 13.0 Å². The van der Waals surface area contributed by atoms with Crippen LogP contribution in [-0.4, -0.2) is 40.0 Å². The van der Waals surface area contributed by atoms with Crippen molar-refractivity contribution < 1.29 is 4.79 Å². The molecule has 1 N–H and O–H groups in total. The molecule has 0 spiro atoms. The molecular formula is C15H22N4O2. The summed E-state index contributed by atoms with van der Waals surface area (Å²) >= 11 is 0. The van der Waals surface area contributed by atoms with E-state index in [4.69, 9.17) is 0 Å². The predicted molar refractivity (Wildman–Crippen MR) is 79.0 cm³/mol. The maximum atomic E-state index is 12.4. The first-order chi connectivity index (χ1) is 10.3. The van der Waals surface area contributed by atoms with Crippen LogP contribution in [-0.2, 0) is 24.3 Å². The lowest BCUT2D eigenvalue weighted by Crippen LogP contribution is -2.39. The number of carbonyl (C=O) groups excluding carboxylic acids is 1. The molecule has 2 aliphatic rings. The number of nitrogens with zero attached hydrogens (tertiary/aromatic N) is 3. The Bertz CT molecular complexity index is 574. The predicted octanol–water partition coefficient (Wildman–Crippen LogP) is 0.292. The highest BCUT2D eigenvalue weighted by molar-refractivity contribution is 5.76. The average molecular weight is 290 g/mol. The molecule has 3 rings (SSSR count). The Balaban J connectivity index is 1.75. The van der Waals surface area contributed by atoms with Crippen molar-refractivity contribution in [2.24, 2.45) is 0 Å². The van der Waals surface area contributed by atoms with E-state index < -0.39 is 0 Å². The van der Waals surface area contributed by atoms with E-state index in [1.807, 2.05) is 4.90 Å². The molecule has 0 atom stereocenters. The normalized spacial score (nSPS) is 19.0. The molecule has 1 saturated heterocycles. The number of likely N-dealkylation sites (tertiary alicyclic amines) is 1. The van der Waals surface area contributed by atoms with Crippen molar-refractivity contribution in [3.8, 4) is 0 Å². The third-order valence-corrected chi connectivity index (χ3v) is 4.33. The Morgan fingerprint density at radius 1 is 1.24 bits per heavy atom. The smallest absolute Gasteiger partial charge is 0.257 e. The summed E-state index contributed by atoms with van der Waals surface area (Å²) in [6, 6.07) is 0. The molecule has 0 aromatic carbocycles. The Labute approximate surface area is 124 Å². The third kappa shape index (κ3) is 3.15. The second-order valence-corrected chi connectivity index (χ2v) is 5.82. The Hall–Kier alpha value is -1.69. The van der Waals surface area contributed by atoms with Gasteiger partial charge in [-0.15, -0.1) is 0 Å². The van der Waals surface area contributed by atoms with Gasteiger partial charge in [-0.05, 0) is 25.8 Å². The van der Waals surface area contributed by atoms with Gasteiger partial charge in [0.25, 0.3) is 5.56 Å². The summed E-state index contributed by atoms with van der Waals surface area (Å²) in [6.45, 7) is 3.19. The van der Waals surface area contributed by atoms with Crippen molar-refractivity contribution in [2.75, 3.05) is 19.6 Å². The summed E-state index contributed by atoms with van der Waals surface area (Å²) in [5.41, 5.74) is 1.54. The van der Waals surface area contributed by atoms with Crippen LogP contribution in [0.1, 0.15) is 36.9 Å². The van der Waals surface area contributed by atoms with Crippen LogP contribution in [0.5, 0.6) is 0 Å². The molecule has 3 heterocycles. The molecule has 0 aliphatic carbocycles. The maximum absolute atomic E-state index is 12.4. The minimum atomic E-state index is -0.0512. The third-order valence-electron chi connectivity index (χ3n) is 4.33. The van der Waals surface area contributed by atoms with Gasteiger partial charge in [0, 0.05) is 25.2 Å². The Morgan fingerprint density at radius 2 is 2.00 bits per heavy atom. The highest BCUT2D eigenvalue weighted by Crippen LogP contribution is 2.10. The van der Waals surface area contributed by atoms with Crippen LogP contribution in [0.15, 0.2) is 11.1 Å². The average Bonchev–Trinajstić information content (AvgIpc) is 2.79. The fourth-order valence-electron chi connectivity index (χ4n) is 3.07. The first-order valence-electron chi connectivity index (χ1n) is 7.81. The molecule has 1 aromatic heterocycles. The molecule has 0 bridgehead atoms. The summed E-state index contributed by atoms with van der Waals surface area (Å²) in [5.74, 6) is 0.0367. The standard InChI is InChI=1S/C15H22N4O2/c20-14(18-7-3-1-2-4-8-18)10-19-11-17-13-9-16-6-5-12(13)15(19)21/h11,16H,1-10H2. The second-order valence-electron chi connectivity index (χ2n) is 5.82. The van der Waals surface area contributed by atoms with Crippen molar-refractivity contribution in [3.05, 3.63) is 27.9 Å². The van der Waals surface area contributed by atoms with Crippen molar-refractivity contribution in [2.45, 2.75) is 45.2 Å². The first-order valence-corrected chi connectivity index (χ1v) is 7.81. The molecule has 1 amide bonds. The molecule has 2 aliphatic heterocycles. The first kappa shape index (κ1) is 14.3. The van der Waals surface area contributed by atoms with E-state index in [0.717, 1.165) is 43.7 Å². The second kappa shape index (κ2) is 6.39. The lowest BCUT2D eigenvalue weighted by molar-refractivity contribution is -0.131. The minimum Gasteiger partial charge on any atom is -0.341 e. The lowest BCUT2D eigenvalue weighted by atomic mass is 10.1. The molecule has 0 radical (unpaired) electrons. The zero-order valence-corrected chi connectivity index (χ0v) is 12.3. The quantitative estimate of drug-likeness (QED) is 0.850. The van der Waals surface area contributed by atoms with E-state index in [1.54, 1.807) is 0 Å². The summed E-state index contributed by atoms with van der Waals surface area (Å²) < 4.78 is 1.47. The van der Waals surface area contributed by atoms with E-state index in [1.165, 1.54) is 23.7 Å². The largest absolute Gasteiger partial charge is 0.341 e.